The normalized spacial score (nSPS) is 19.6. The molecule has 2 aromatic rings. The first-order valence-corrected chi connectivity index (χ1v) is 6.93. The van der Waals surface area contributed by atoms with E-state index in [2.05, 4.69) is 16.9 Å². The van der Waals surface area contributed by atoms with Crippen LogP contribution in [0.3, 0.4) is 0 Å². The molecule has 20 heavy (non-hydrogen) atoms. The number of carbonyl (C=O) groups excluding carboxylic acids is 1. The molecule has 1 atom stereocenters. The molecular formula is C15H19N3O2. The number of rotatable bonds is 3. The van der Waals surface area contributed by atoms with Crippen LogP contribution in [0.2, 0.25) is 0 Å². The molecule has 0 saturated carbocycles. The number of pyridine rings is 1. The second-order valence-electron chi connectivity index (χ2n) is 5.39. The lowest BCUT2D eigenvalue weighted by Crippen LogP contribution is -2.26. The molecule has 1 aliphatic heterocycles. The number of hydrogen-bond donors (Lipinski definition) is 0. The third-order valence-corrected chi connectivity index (χ3v) is 4.04. The number of carbonyl (C=O) groups is 1. The van der Waals surface area contributed by atoms with Gasteiger partial charge in [0, 0.05) is 24.9 Å². The molecule has 0 aromatic carbocycles. The second-order valence-corrected chi connectivity index (χ2v) is 5.39. The fourth-order valence-corrected chi connectivity index (χ4v) is 2.86. The third kappa shape index (κ3) is 2.41. The van der Waals surface area contributed by atoms with Gasteiger partial charge in [-0.3, -0.25) is 0 Å². The van der Waals surface area contributed by atoms with Crippen molar-refractivity contribution < 1.29 is 9.53 Å². The van der Waals surface area contributed by atoms with E-state index in [4.69, 9.17) is 4.74 Å². The lowest BCUT2D eigenvalue weighted by Gasteiger charge is -2.17. The average molecular weight is 273 g/mol. The summed E-state index contributed by atoms with van der Waals surface area (Å²) in [6.07, 6.45) is 7.24. The van der Waals surface area contributed by atoms with Crippen LogP contribution in [0.1, 0.15) is 28.9 Å². The van der Waals surface area contributed by atoms with Crippen LogP contribution in [-0.4, -0.2) is 47.0 Å². The van der Waals surface area contributed by atoms with Crippen molar-refractivity contribution in [3.63, 3.8) is 0 Å². The first-order chi connectivity index (χ1) is 9.67. The Hall–Kier alpha value is -1.88. The van der Waals surface area contributed by atoms with Crippen molar-refractivity contribution in [2.24, 2.45) is 0 Å². The van der Waals surface area contributed by atoms with Gasteiger partial charge >= 0.3 is 5.97 Å². The highest BCUT2D eigenvalue weighted by Crippen LogP contribution is 2.19. The highest BCUT2D eigenvalue weighted by Gasteiger charge is 2.22. The Bertz CT molecular complexity index is 635. The molecule has 0 spiro atoms. The fraction of sp³-hybridized carbons (Fsp3) is 0.467. The van der Waals surface area contributed by atoms with Gasteiger partial charge in [0.1, 0.15) is 5.65 Å². The highest BCUT2D eigenvalue weighted by atomic mass is 16.5. The summed E-state index contributed by atoms with van der Waals surface area (Å²) in [6, 6.07) is 4.19. The Morgan fingerprint density at radius 3 is 3.00 bits per heavy atom. The smallest absolute Gasteiger partial charge is 0.339 e. The summed E-state index contributed by atoms with van der Waals surface area (Å²) < 4.78 is 6.63. The summed E-state index contributed by atoms with van der Waals surface area (Å²) >= 11 is 0. The van der Waals surface area contributed by atoms with Gasteiger partial charge in [-0.05, 0) is 38.6 Å². The summed E-state index contributed by atoms with van der Waals surface area (Å²) in [6.45, 7) is 1.17. The number of likely N-dealkylation sites (tertiary alicyclic amines) is 1. The van der Waals surface area contributed by atoms with Gasteiger partial charge in [-0.15, -0.1) is 0 Å². The molecule has 3 heterocycles. The summed E-state index contributed by atoms with van der Waals surface area (Å²) in [5.41, 5.74) is 2.49. The maximum atomic E-state index is 11.5. The van der Waals surface area contributed by atoms with Crippen LogP contribution >= 0.6 is 0 Å². The van der Waals surface area contributed by atoms with E-state index in [1.54, 1.807) is 12.3 Å². The number of likely N-dealkylation sites (N-methyl/N-ethyl adjacent to an activating group) is 1. The highest BCUT2D eigenvalue weighted by molar-refractivity contribution is 5.89. The van der Waals surface area contributed by atoms with E-state index in [0.29, 0.717) is 11.6 Å². The zero-order valence-corrected chi connectivity index (χ0v) is 11.9. The van der Waals surface area contributed by atoms with E-state index in [0.717, 1.165) is 17.8 Å². The SMILES string of the molecule is COC(=O)c1ccc2nc(CC3CCCN3C)cn2c1. The van der Waals surface area contributed by atoms with Gasteiger partial charge in [0.15, 0.2) is 0 Å². The molecule has 5 heteroatoms. The minimum atomic E-state index is -0.322. The van der Waals surface area contributed by atoms with E-state index >= 15 is 0 Å². The third-order valence-electron chi connectivity index (χ3n) is 4.04. The molecule has 1 fully saturated rings. The molecule has 1 aliphatic rings. The molecule has 0 radical (unpaired) electrons. The molecule has 2 aromatic heterocycles. The molecule has 1 saturated heterocycles. The van der Waals surface area contributed by atoms with Crippen LogP contribution in [0.15, 0.2) is 24.5 Å². The van der Waals surface area contributed by atoms with Crippen molar-refractivity contribution in [3.8, 4) is 0 Å². The van der Waals surface area contributed by atoms with Gasteiger partial charge < -0.3 is 14.0 Å². The van der Waals surface area contributed by atoms with Crippen molar-refractivity contribution >= 4 is 11.6 Å². The first-order valence-electron chi connectivity index (χ1n) is 6.93. The Kier molecular flexibility index (Phi) is 3.44. The molecule has 0 amide bonds. The lowest BCUT2D eigenvalue weighted by molar-refractivity contribution is 0.0600. The number of methoxy groups -OCH3 is 1. The zero-order valence-electron chi connectivity index (χ0n) is 11.9. The van der Waals surface area contributed by atoms with Gasteiger partial charge in [0.05, 0.1) is 18.4 Å². The maximum Gasteiger partial charge on any atom is 0.339 e. The summed E-state index contributed by atoms with van der Waals surface area (Å²) in [5.74, 6) is -0.322. The van der Waals surface area contributed by atoms with E-state index in [1.165, 1.54) is 26.5 Å². The van der Waals surface area contributed by atoms with Crippen LogP contribution in [0.4, 0.5) is 0 Å². The van der Waals surface area contributed by atoms with Crippen LogP contribution in [-0.2, 0) is 11.2 Å². The van der Waals surface area contributed by atoms with Gasteiger partial charge in [-0.1, -0.05) is 0 Å². The topological polar surface area (TPSA) is 46.8 Å². The van der Waals surface area contributed by atoms with Gasteiger partial charge in [-0.25, -0.2) is 9.78 Å². The Balaban J connectivity index is 1.85. The number of aromatic nitrogens is 2. The molecular weight excluding hydrogens is 254 g/mol. The van der Waals surface area contributed by atoms with Crippen molar-refractivity contribution in [1.82, 2.24) is 14.3 Å². The number of ether oxygens (including phenoxy) is 1. The monoisotopic (exact) mass is 273 g/mol. The standard InChI is InChI=1S/C15H19N3O2/c1-17-7-3-4-13(17)8-12-10-18-9-11(15(19)20-2)5-6-14(18)16-12/h5-6,9-10,13H,3-4,7-8H2,1-2H3. The molecule has 0 N–H and O–H groups in total. The minimum Gasteiger partial charge on any atom is -0.465 e. The van der Waals surface area contributed by atoms with E-state index in [9.17, 15) is 4.79 Å². The molecule has 0 bridgehead atoms. The van der Waals surface area contributed by atoms with Crippen molar-refractivity contribution in [1.29, 1.82) is 0 Å². The minimum absolute atomic E-state index is 0.322. The van der Waals surface area contributed by atoms with Crippen LogP contribution in [0.5, 0.6) is 0 Å². The van der Waals surface area contributed by atoms with Crippen LogP contribution in [0, 0.1) is 0 Å². The predicted molar refractivity (Wildman–Crippen MR) is 75.9 cm³/mol. The molecule has 106 valence electrons. The summed E-state index contributed by atoms with van der Waals surface area (Å²) in [4.78, 5) is 18.5. The molecule has 5 nitrogen and oxygen atoms in total. The fourth-order valence-electron chi connectivity index (χ4n) is 2.86. The number of fused-ring (bicyclic) bond motifs is 1. The Labute approximate surface area is 118 Å². The number of imidazole rings is 1. The number of nitrogens with zero attached hydrogens (tertiary/aromatic N) is 3. The quantitative estimate of drug-likeness (QED) is 0.799. The van der Waals surface area contributed by atoms with E-state index in [1.807, 2.05) is 16.7 Å². The lowest BCUT2D eigenvalue weighted by atomic mass is 10.1. The predicted octanol–water partition coefficient (Wildman–Crippen LogP) is 1.76. The maximum absolute atomic E-state index is 11.5. The molecule has 0 aliphatic carbocycles. The van der Waals surface area contributed by atoms with Gasteiger partial charge in [0.25, 0.3) is 0 Å². The van der Waals surface area contributed by atoms with E-state index < -0.39 is 0 Å². The summed E-state index contributed by atoms with van der Waals surface area (Å²) in [5, 5.41) is 0. The van der Waals surface area contributed by atoms with Crippen LogP contribution < -0.4 is 0 Å². The number of hydrogen-bond acceptors (Lipinski definition) is 4. The Morgan fingerprint density at radius 2 is 2.30 bits per heavy atom. The average Bonchev–Trinajstić information content (AvgIpc) is 3.03. The Morgan fingerprint density at radius 1 is 1.45 bits per heavy atom. The number of esters is 1. The van der Waals surface area contributed by atoms with Gasteiger partial charge in [0.2, 0.25) is 0 Å². The summed E-state index contributed by atoms with van der Waals surface area (Å²) in [7, 11) is 3.56. The first kappa shape index (κ1) is 13.1. The van der Waals surface area contributed by atoms with Crippen molar-refractivity contribution in [2.75, 3.05) is 20.7 Å². The molecule has 1 unspecified atom stereocenters. The largest absolute Gasteiger partial charge is 0.465 e. The van der Waals surface area contributed by atoms with Crippen molar-refractivity contribution in [2.45, 2.75) is 25.3 Å². The van der Waals surface area contributed by atoms with Crippen LogP contribution in [0.25, 0.3) is 5.65 Å². The van der Waals surface area contributed by atoms with E-state index in [-0.39, 0.29) is 5.97 Å². The molecule has 3 rings (SSSR count). The zero-order chi connectivity index (χ0) is 14.1. The second kappa shape index (κ2) is 5.25. The van der Waals surface area contributed by atoms with Crippen molar-refractivity contribution in [3.05, 3.63) is 35.8 Å². The van der Waals surface area contributed by atoms with Gasteiger partial charge in [-0.2, -0.15) is 0 Å².